The molecule has 1 aliphatic heterocycles. The summed E-state index contributed by atoms with van der Waals surface area (Å²) in [4.78, 5) is 2.59. The molecule has 0 bridgehead atoms. The van der Waals surface area contributed by atoms with E-state index in [2.05, 4.69) is 27.2 Å². The van der Waals surface area contributed by atoms with Crippen LogP contribution in [-0.2, 0) is 6.54 Å². The van der Waals surface area contributed by atoms with E-state index in [1.165, 1.54) is 63.7 Å². The van der Waals surface area contributed by atoms with Crippen molar-refractivity contribution in [3.8, 4) is 0 Å². The third kappa shape index (κ3) is 3.32. The maximum Gasteiger partial charge on any atom is 0.0764 e. The van der Waals surface area contributed by atoms with Gasteiger partial charge in [-0.2, -0.15) is 5.10 Å². The Morgan fingerprint density at radius 2 is 2.00 bits per heavy atom. The lowest BCUT2D eigenvalue weighted by Crippen LogP contribution is -2.51. The first-order chi connectivity index (χ1) is 10.4. The third-order valence-electron chi connectivity index (χ3n) is 5.48. The maximum absolute atomic E-state index is 4.87. The molecule has 1 unspecified atom stereocenters. The molecule has 2 saturated carbocycles. The lowest BCUT2D eigenvalue weighted by Gasteiger charge is -2.33. The Bertz CT molecular complexity index is 459. The summed E-state index contributed by atoms with van der Waals surface area (Å²) in [5, 5.41) is 8.55. The van der Waals surface area contributed by atoms with Crippen molar-refractivity contribution < 1.29 is 0 Å². The van der Waals surface area contributed by atoms with Crippen molar-refractivity contribution in [2.75, 3.05) is 19.6 Å². The number of hydrogen-bond acceptors (Lipinski definition) is 3. The predicted molar refractivity (Wildman–Crippen MR) is 84.1 cm³/mol. The zero-order valence-corrected chi connectivity index (χ0v) is 13.0. The molecule has 0 amide bonds. The van der Waals surface area contributed by atoms with Crippen LogP contribution in [0.5, 0.6) is 0 Å². The molecule has 3 aliphatic rings. The van der Waals surface area contributed by atoms with Crippen LogP contribution in [0.3, 0.4) is 0 Å². The predicted octanol–water partition coefficient (Wildman–Crippen LogP) is 2.57. The summed E-state index contributed by atoms with van der Waals surface area (Å²) in [6.07, 6.45) is 11.9. The fourth-order valence-electron chi connectivity index (χ4n) is 4.04. The quantitative estimate of drug-likeness (QED) is 0.924. The molecule has 1 aromatic heterocycles. The minimum Gasteiger partial charge on any atom is -0.311 e. The van der Waals surface area contributed by atoms with Crippen LogP contribution < -0.4 is 5.32 Å². The van der Waals surface area contributed by atoms with Gasteiger partial charge in [0.15, 0.2) is 0 Å². The molecule has 0 radical (unpaired) electrons. The van der Waals surface area contributed by atoms with Crippen molar-refractivity contribution in [1.82, 2.24) is 20.0 Å². The molecule has 21 heavy (non-hydrogen) atoms. The molecular weight excluding hydrogens is 260 g/mol. The third-order valence-corrected chi connectivity index (χ3v) is 5.48. The molecule has 1 N–H and O–H groups in total. The van der Waals surface area contributed by atoms with E-state index < -0.39 is 0 Å². The topological polar surface area (TPSA) is 33.1 Å². The number of aromatic nitrogens is 2. The van der Waals surface area contributed by atoms with Crippen LogP contribution in [0.1, 0.15) is 56.7 Å². The highest BCUT2D eigenvalue weighted by Crippen LogP contribution is 2.34. The summed E-state index contributed by atoms with van der Waals surface area (Å²) in [5.74, 6) is 0.951. The molecule has 1 saturated heterocycles. The number of piperazine rings is 1. The highest BCUT2D eigenvalue weighted by atomic mass is 15.3. The molecule has 4 heteroatoms. The Morgan fingerprint density at radius 3 is 2.81 bits per heavy atom. The van der Waals surface area contributed by atoms with Gasteiger partial charge in [-0.15, -0.1) is 0 Å². The van der Waals surface area contributed by atoms with Gasteiger partial charge in [0, 0.05) is 38.4 Å². The Kier molecular flexibility index (Phi) is 3.99. The first-order valence-electron chi connectivity index (χ1n) is 8.88. The molecule has 2 aliphatic carbocycles. The van der Waals surface area contributed by atoms with E-state index in [1.54, 1.807) is 0 Å². The first kappa shape index (κ1) is 13.8. The summed E-state index contributed by atoms with van der Waals surface area (Å²) in [6, 6.07) is 3.64. The standard InChI is InChI=1S/C17H28N4/c1-2-4-16(5-3-1)21-10-8-15(19-21)12-20-11-9-18-17(13-20)14-6-7-14/h8,10,14,16-18H,1-7,9,11-13H2. The van der Waals surface area contributed by atoms with Crippen molar-refractivity contribution >= 4 is 0 Å². The molecule has 1 aromatic rings. The van der Waals surface area contributed by atoms with E-state index in [9.17, 15) is 0 Å². The molecule has 4 rings (SSSR count). The van der Waals surface area contributed by atoms with E-state index in [0.29, 0.717) is 6.04 Å². The Balaban J connectivity index is 1.34. The Labute approximate surface area is 127 Å². The first-order valence-corrected chi connectivity index (χ1v) is 8.88. The van der Waals surface area contributed by atoms with Crippen LogP contribution in [-0.4, -0.2) is 40.4 Å². The fourth-order valence-corrected chi connectivity index (χ4v) is 4.04. The van der Waals surface area contributed by atoms with Crippen LogP contribution in [0.15, 0.2) is 12.3 Å². The maximum atomic E-state index is 4.87. The molecule has 4 nitrogen and oxygen atoms in total. The number of nitrogens with zero attached hydrogens (tertiary/aromatic N) is 3. The van der Waals surface area contributed by atoms with Crippen LogP contribution in [0.2, 0.25) is 0 Å². The van der Waals surface area contributed by atoms with Crippen molar-refractivity contribution in [3.63, 3.8) is 0 Å². The fraction of sp³-hybridized carbons (Fsp3) is 0.824. The summed E-state index contributed by atoms with van der Waals surface area (Å²) in [7, 11) is 0. The minimum absolute atomic E-state index is 0.662. The van der Waals surface area contributed by atoms with Crippen LogP contribution in [0, 0.1) is 5.92 Å². The van der Waals surface area contributed by atoms with Crippen molar-refractivity contribution in [1.29, 1.82) is 0 Å². The lowest BCUT2D eigenvalue weighted by atomic mass is 9.96. The van der Waals surface area contributed by atoms with Gasteiger partial charge in [0.1, 0.15) is 0 Å². The summed E-state index contributed by atoms with van der Waals surface area (Å²) >= 11 is 0. The second-order valence-corrected chi connectivity index (χ2v) is 7.21. The highest BCUT2D eigenvalue weighted by molar-refractivity contribution is 5.01. The SMILES string of the molecule is c1cn(C2CCCCC2)nc1CN1CCNC(C2CC2)C1. The lowest BCUT2D eigenvalue weighted by molar-refractivity contribution is 0.179. The van der Waals surface area contributed by atoms with Crippen LogP contribution in [0.25, 0.3) is 0 Å². The van der Waals surface area contributed by atoms with Gasteiger partial charge >= 0.3 is 0 Å². The van der Waals surface area contributed by atoms with Gasteiger partial charge in [0.05, 0.1) is 11.7 Å². The van der Waals surface area contributed by atoms with Crippen molar-refractivity contribution in [2.45, 2.75) is 63.6 Å². The van der Waals surface area contributed by atoms with Crippen molar-refractivity contribution in [3.05, 3.63) is 18.0 Å². The molecule has 2 heterocycles. The van der Waals surface area contributed by atoms with E-state index in [4.69, 9.17) is 5.10 Å². The molecule has 3 fully saturated rings. The van der Waals surface area contributed by atoms with E-state index in [0.717, 1.165) is 25.0 Å². The second-order valence-electron chi connectivity index (χ2n) is 7.21. The van der Waals surface area contributed by atoms with E-state index in [-0.39, 0.29) is 0 Å². The number of nitrogens with one attached hydrogen (secondary N) is 1. The van der Waals surface area contributed by atoms with Gasteiger partial charge in [-0.1, -0.05) is 19.3 Å². The number of rotatable bonds is 4. The molecular formula is C17H28N4. The number of hydrogen-bond donors (Lipinski definition) is 1. The Hall–Kier alpha value is -0.870. The van der Waals surface area contributed by atoms with Crippen LogP contribution in [0.4, 0.5) is 0 Å². The van der Waals surface area contributed by atoms with Gasteiger partial charge in [-0.25, -0.2) is 0 Å². The molecule has 0 aromatic carbocycles. The van der Waals surface area contributed by atoms with Crippen molar-refractivity contribution in [2.24, 2.45) is 5.92 Å². The van der Waals surface area contributed by atoms with Gasteiger partial charge in [-0.3, -0.25) is 9.58 Å². The van der Waals surface area contributed by atoms with Gasteiger partial charge in [0.2, 0.25) is 0 Å². The smallest absolute Gasteiger partial charge is 0.0764 e. The normalized spacial score (nSPS) is 28.9. The largest absolute Gasteiger partial charge is 0.311 e. The zero-order chi connectivity index (χ0) is 14.1. The second kappa shape index (κ2) is 6.09. The average molecular weight is 288 g/mol. The monoisotopic (exact) mass is 288 g/mol. The minimum atomic E-state index is 0.662. The Morgan fingerprint density at radius 1 is 1.14 bits per heavy atom. The van der Waals surface area contributed by atoms with E-state index in [1.807, 2.05) is 0 Å². The molecule has 116 valence electrons. The zero-order valence-electron chi connectivity index (χ0n) is 13.0. The van der Waals surface area contributed by atoms with Gasteiger partial charge in [0.25, 0.3) is 0 Å². The highest BCUT2D eigenvalue weighted by Gasteiger charge is 2.34. The van der Waals surface area contributed by atoms with Gasteiger partial charge in [-0.05, 0) is 37.7 Å². The van der Waals surface area contributed by atoms with E-state index >= 15 is 0 Å². The van der Waals surface area contributed by atoms with Gasteiger partial charge < -0.3 is 5.32 Å². The molecule has 1 atom stereocenters. The molecule has 0 spiro atoms. The average Bonchev–Trinajstić information content (AvgIpc) is 3.29. The summed E-state index contributed by atoms with van der Waals surface area (Å²) < 4.78 is 2.25. The van der Waals surface area contributed by atoms with Crippen LogP contribution >= 0.6 is 0 Å². The summed E-state index contributed by atoms with van der Waals surface area (Å²) in [6.45, 7) is 4.55. The summed E-state index contributed by atoms with van der Waals surface area (Å²) in [5.41, 5.74) is 1.26.